The molecule has 14 nitrogen and oxygen atoms in total. The molecule has 1 atom stereocenters. The summed E-state index contributed by atoms with van der Waals surface area (Å²) < 4.78 is 66.0. The number of allylic oxidation sites excluding steroid dienone is 1. The van der Waals surface area contributed by atoms with Crippen LogP contribution in [0.2, 0.25) is 5.02 Å². The summed E-state index contributed by atoms with van der Waals surface area (Å²) in [6, 6.07) is 19.6. The van der Waals surface area contributed by atoms with Gasteiger partial charge in [0.1, 0.15) is 22.8 Å². The van der Waals surface area contributed by atoms with E-state index in [9.17, 15) is 23.3 Å². The highest BCUT2D eigenvalue weighted by molar-refractivity contribution is 7.90. The molecule has 1 unspecified atom stereocenters. The van der Waals surface area contributed by atoms with E-state index in [1.54, 1.807) is 24.4 Å². The molecule has 1 aliphatic carbocycles. The van der Waals surface area contributed by atoms with E-state index in [-0.39, 0.29) is 22.9 Å². The van der Waals surface area contributed by atoms with Crippen molar-refractivity contribution in [2.24, 2.45) is 11.3 Å². The maximum atomic E-state index is 13.9. The molecular formula is C45H50ClN7O7S. The summed E-state index contributed by atoms with van der Waals surface area (Å²) in [4.78, 5) is 36.9. The number of nitro benzene ring substituents is 1. The number of anilines is 2. The molecule has 4 heterocycles. The average Bonchev–Trinajstić information content (AvgIpc) is 3.75. The van der Waals surface area contributed by atoms with Crippen molar-refractivity contribution >= 4 is 61.2 Å². The molecular weight excluding hydrogens is 818 g/mol. The molecule has 320 valence electrons. The van der Waals surface area contributed by atoms with E-state index in [0.717, 1.165) is 41.1 Å². The molecule has 0 saturated carbocycles. The summed E-state index contributed by atoms with van der Waals surface area (Å²) >= 11 is 6.22. The number of fused-ring (bicyclic) bond motifs is 1. The molecule has 2 fully saturated rings. The second kappa shape index (κ2) is 17.9. The van der Waals surface area contributed by atoms with Crippen LogP contribution in [0.3, 0.4) is 0 Å². The van der Waals surface area contributed by atoms with Gasteiger partial charge in [0.15, 0.2) is 0 Å². The minimum absolute atomic E-state index is 0.0765. The lowest BCUT2D eigenvalue weighted by Gasteiger charge is -2.39. The Kier molecular flexibility index (Phi) is 11.3. The van der Waals surface area contributed by atoms with Gasteiger partial charge in [0.2, 0.25) is 0 Å². The van der Waals surface area contributed by atoms with Crippen LogP contribution >= 0.6 is 11.6 Å². The minimum atomic E-state index is -4.59. The lowest BCUT2D eigenvalue weighted by Crippen LogP contribution is -2.47. The monoisotopic (exact) mass is 870 g/mol. The van der Waals surface area contributed by atoms with Gasteiger partial charge in [-0.1, -0.05) is 43.1 Å². The fourth-order valence-electron chi connectivity index (χ4n) is 8.25. The standard InChI is InChI=1S/C45H50ClN7O7S/c1-45(2)15-11-33(39(26-45)31-3-5-34(46)6-4-31)29-51-17-19-52(20-18-51)35-7-9-38(42(24-35)60-36-23-32-12-16-47-43(32)49-28-36)44(54)50-61(57,58)37-8-10-40(41(25-37)53(55)56)48-27-30-13-21-59-22-14-30/h3-10,12,16,23-25,28,30,48H,11,13-15,17-22,26-27,29H2,1-2H3,(H,47,49)(H,50,54)/i1D3. The van der Waals surface area contributed by atoms with E-state index in [2.05, 4.69) is 29.8 Å². The largest absolute Gasteiger partial charge is 0.455 e. The zero-order chi connectivity index (χ0) is 45.2. The van der Waals surface area contributed by atoms with Gasteiger partial charge in [0.05, 0.1) is 21.6 Å². The zero-order valence-corrected chi connectivity index (χ0v) is 35.4. The summed E-state index contributed by atoms with van der Waals surface area (Å²) in [6.07, 6.45) is 6.53. The molecule has 2 saturated heterocycles. The maximum Gasteiger partial charge on any atom is 0.293 e. The third-order valence-electron chi connectivity index (χ3n) is 11.8. The quantitative estimate of drug-likeness (QED) is 0.0764. The van der Waals surface area contributed by atoms with Crippen LogP contribution in [0, 0.1) is 21.4 Å². The van der Waals surface area contributed by atoms with Gasteiger partial charge < -0.3 is 24.7 Å². The first-order valence-corrected chi connectivity index (χ1v) is 22.3. The van der Waals surface area contributed by atoms with Gasteiger partial charge in [-0.2, -0.15) is 0 Å². The predicted octanol–water partition coefficient (Wildman–Crippen LogP) is 8.66. The highest BCUT2D eigenvalue weighted by Gasteiger charge is 2.31. The number of carbonyl (C=O) groups excluding carboxylic acids is 1. The van der Waals surface area contributed by atoms with Crippen LogP contribution in [-0.2, 0) is 14.8 Å². The number of nitro groups is 1. The summed E-state index contributed by atoms with van der Waals surface area (Å²) in [6.45, 7) is 4.81. The fraction of sp³-hybridized carbons (Fsp3) is 0.378. The van der Waals surface area contributed by atoms with Crippen LogP contribution in [0.25, 0.3) is 16.6 Å². The molecule has 5 aromatic rings. The number of ether oxygens (including phenoxy) is 2. The van der Waals surface area contributed by atoms with Crippen LogP contribution in [0.4, 0.5) is 17.1 Å². The molecule has 3 aliphatic rings. The van der Waals surface area contributed by atoms with Gasteiger partial charge in [-0.05, 0) is 103 Å². The Morgan fingerprint density at radius 3 is 2.62 bits per heavy atom. The van der Waals surface area contributed by atoms with Crippen molar-refractivity contribution in [1.82, 2.24) is 19.6 Å². The van der Waals surface area contributed by atoms with Crippen LogP contribution in [0.5, 0.6) is 11.5 Å². The fourth-order valence-corrected chi connectivity index (χ4v) is 9.36. The summed E-state index contributed by atoms with van der Waals surface area (Å²) in [5.74, 6) is -0.329. The van der Waals surface area contributed by atoms with E-state index >= 15 is 0 Å². The highest BCUT2D eigenvalue weighted by atomic mass is 35.5. The number of hydrogen-bond donors (Lipinski definition) is 3. The minimum Gasteiger partial charge on any atom is -0.455 e. The van der Waals surface area contributed by atoms with Crippen molar-refractivity contribution in [3.05, 3.63) is 117 Å². The SMILES string of the molecule is [2H]C([2H])([2H])C1(C)CCC(CN2CCN(c3ccc(C(=O)NS(=O)(=O)c4ccc(NCC5CCOCC5)c([N+](=O)[O-])c4)c(Oc4cnc5[nH]ccc5c4)c3)CC2)=C(c2ccc(Cl)cc2)C1. The van der Waals surface area contributed by atoms with E-state index in [4.69, 9.17) is 25.2 Å². The lowest BCUT2D eigenvalue weighted by molar-refractivity contribution is -0.384. The molecule has 0 bridgehead atoms. The van der Waals surface area contributed by atoms with Gasteiger partial charge in [0.25, 0.3) is 21.6 Å². The topological polar surface area (TPSA) is 172 Å². The molecule has 3 N–H and O–H groups in total. The number of aromatic nitrogens is 2. The number of amides is 1. The Morgan fingerprint density at radius 2 is 1.87 bits per heavy atom. The molecule has 0 radical (unpaired) electrons. The van der Waals surface area contributed by atoms with Crippen LogP contribution < -0.4 is 19.7 Å². The molecule has 8 rings (SSSR count). The van der Waals surface area contributed by atoms with Crippen molar-refractivity contribution in [3.63, 3.8) is 0 Å². The first-order valence-electron chi connectivity index (χ1n) is 21.9. The average molecular weight is 871 g/mol. The first-order chi connectivity index (χ1) is 30.5. The van der Waals surface area contributed by atoms with Crippen molar-refractivity contribution in [2.45, 2.75) is 50.8 Å². The number of aromatic amines is 1. The van der Waals surface area contributed by atoms with Crippen molar-refractivity contribution in [3.8, 4) is 11.5 Å². The van der Waals surface area contributed by atoms with E-state index in [0.29, 0.717) is 88.2 Å². The van der Waals surface area contributed by atoms with Crippen LogP contribution in [-0.4, -0.2) is 86.6 Å². The molecule has 0 spiro atoms. The van der Waals surface area contributed by atoms with E-state index in [1.807, 2.05) is 37.3 Å². The van der Waals surface area contributed by atoms with Gasteiger partial charge in [0, 0.05) is 91.0 Å². The second-order valence-electron chi connectivity index (χ2n) is 16.3. The second-order valence-corrected chi connectivity index (χ2v) is 18.4. The number of nitrogens with one attached hydrogen (secondary N) is 3. The summed E-state index contributed by atoms with van der Waals surface area (Å²) in [7, 11) is -4.59. The number of sulfonamides is 1. The third kappa shape index (κ3) is 10.0. The number of piperazine rings is 1. The Labute approximate surface area is 364 Å². The Bertz CT molecular complexity index is 2680. The number of carbonyl (C=O) groups is 1. The Hall–Kier alpha value is -5.48. The van der Waals surface area contributed by atoms with Crippen molar-refractivity contribution in [1.29, 1.82) is 0 Å². The van der Waals surface area contributed by atoms with E-state index < -0.39 is 43.7 Å². The zero-order valence-electron chi connectivity index (χ0n) is 36.8. The molecule has 2 aromatic heterocycles. The Morgan fingerprint density at radius 1 is 1.08 bits per heavy atom. The molecule has 3 aromatic carbocycles. The molecule has 1 amide bonds. The molecule has 61 heavy (non-hydrogen) atoms. The lowest BCUT2D eigenvalue weighted by atomic mass is 9.72. The van der Waals surface area contributed by atoms with Crippen molar-refractivity contribution in [2.75, 3.05) is 62.7 Å². The number of benzene rings is 3. The van der Waals surface area contributed by atoms with Crippen LogP contribution in [0.15, 0.2) is 95.7 Å². The Balaban J connectivity index is 1.01. The number of halogens is 1. The maximum absolute atomic E-state index is 13.9. The number of H-pyrrole nitrogens is 1. The van der Waals surface area contributed by atoms with Crippen molar-refractivity contribution < 1.29 is 31.7 Å². The van der Waals surface area contributed by atoms with Gasteiger partial charge in [-0.15, -0.1) is 0 Å². The first kappa shape index (κ1) is 38.4. The van der Waals surface area contributed by atoms with Gasteiger partial charge in [-0.25, -0.2) is 18.1 Å². The van der Waals surface area contributed by atoms with Gasteiger partial charge in [-0.3, -0.25) is 19.8 Å². The number of rotatable bonds is 13. The number of pyridine rings is 1. The third-order valence-corrected chi connectivity index (χ3v) is 13.3. The van der Waals surface area contributed by atoms with Gasteiger partial charge >= 0.3 is 0 Å². The smallest absolute Gasteiger partial charge is 0.293 e. The molecule has 2 aliphatic heterocycles. The summed E-state index contributed by atoms with van der Waals surface area (Å²) in [5, 5.41) is 16.6. The highest BCUT2D eigenvalue weighted by Crippen LogP contribution is 2.43. The normalized spacial score (nSPS) is 20.2. The summed E-state index contributed by atoms with van der Waals surface area (Å²) in [5.41, 5.74) is 3.47. The predicted molar refractivity (Wildman–Crippen MR) is 237 cm³/mol. The van der Waals surface area contributed by atoms with E-state index in [1.165, 1.54) is 30.0 Å². The number of nitrogens with zero attached hydrogens (tertiary/aromatic N) is 4. The molecule has 16 heteroatoms. The number of hydrogen-bond acceptors (Lipinski definition) is 11. The van der Waals surface area contributed by atoms with Crippen LogP contribution in [0.1, 0.15) is 65.9 Å².